The molecule has 0 radical (unpaired) electrons. The summed E-state index contributed by atoms with van der Waals surface area (Å²) >= 11 is 5.74. The van der Waals surface area contributed by atoms with Gasteiger partial charge in [-0.2, -0.15) is 0 Å². The molecule has 6 heteroatoms. The number of halogens is 1. The number of hydrogen-bond acceptors (Lipinski definition) is 4. The Balaban J connectivity index is 1.84. The average Bonchev–Trinajstić information content (AvgIpc) is 3.07. The molecule has 1 aromatic heterocycles. The second-order valence-electron chi connectivity index (χ2n) is 3.91. The maximum Gasteiger partial charge on any atom is 0.273 e. The Kier molecular flexibility index (Phi) is 3.46. The van der Waals surface area contributed by atoms with E-state index in [4.69, 9.17) is 16.3 Å². The molecule has 0 bridgehead atoms. The van der Waals surface area contributed by atoms with Crippen molar-refractivity contribution in [1.29, 1.82) is 0 Å². The van der Waals surface area contributed by atoms with E-state index < -0.39 is 0 Å². The Morgan fingerprint density at radius 1 is 1.69 bits per heavy atom. The van der Waals surface area contributed by atoms with Gasteiger partial charge in [0.05, 0.1) is 6.33 Å². The second kappa shape index (κ2) is 4.84. The fourth-order valence-corrected chi connectivity index (χ4v) is 1.61. The first-order chi connectivity index (χ1) is 7.68. The van der Waals surface area contributed by atoms with E-state index in [1.54, 1.807) is 0 Å². The smallest absolute Gasteiger partial charge is 0.273 e. The van der Waals surface area contributed by atoms with Gasteiger partial charge in [-0.15, -0.1) is 0 Å². The van der Waals surface area contributed by atoms with Crippen LogP contribution in [0.25, 0.3) is 0 Å². The third kappa shape index (κ3) is 2.74. The minimum Gasteiger partial charge on any atom is -0.475 e. The predicted octanol–water partition coefficient (Wildman–Crippen LogP) is 0.896. The molecule has 0 amide bonds. The monoisotopic (exact) mass is 243 g/mol. The highest BCUT2D eigenvalue weighted by molar-refractivity contribution is 6.31. The summed E-state index contributed by atoms with van der Waals surface area (Å²) in [6.45, 7) is 1.30. The number of H-pyrrole nitrogens is 1. The number of rotatable bonds is 5. The fourth-order valence-electron chi connectivity index (χ4n) is 1.45. The molecule has 0 unspecified atom stereocenters. The second-order valence-corrected chi connectivity index (χ2v) is 4.29. The molecule has 1 N–H and O–H groups in total. The van der Waals surface area contributed by atoms with Crippen LogP contribution in [0.4, 0.5) is 0 Å². The normalized spacial score (nSPS) is 15.4. The van der Waals surface area contributed by atoms with E-state index in [0.29, 0.717) is 12.6 Å². The standard InChI is InChI=1S/C10H14ClN3O2/c1-14(7-2-3-7)4-5-16-10-8(11)9(15)12-6-13-10/h6-7H,2-5H2,1H3,(H,12,13,15). The number of aromatic nitrogens is 2. The van der Waals surface area contributed by atoms with E-state index in [2.05, 4.69) is 21.9 Å². The van der Waals surface area contributed by atoms with E-state index in [1.165, 1.54) is 19.2 Å². The van der Waals surface area contributed by atoms with Crippen LogP contribution in [0.3, 0.4) is 0 Å². The molecule has 1 aliphatic rings. The lowest BCUT2D eigenvalue weighted by molar-refractivity contribution is 0.226. The lowest BCUT2D eigenvalue weighted by Gasteiger charge is -2.15. The van der Waals surface area contributed by atoms with Crippen molar-refractivity contribution < 1.29 is 4.74 Å². The van der Waals surface area contributed by atoms with Crippen LogP contribution in [0.15, 0.2) is 11.1 Å². The average molecular weight is 244 g/mol. The first kappa shape index (κ1) is 11.4. The van der Waals surface area contributed by atoms with Gasteiger partial charge < -0.3 is 14.6 Å². The highest BCUT2D eigenvalue weighted by Crippen LogP contribution is 2.24. The Bertz CT molecular complexity index is 417. The lowest BCUT2D eigenvalue weighted by Crippen LogP contribution is -2.26. The van der Waals surface area contributed by atoms with Gasteiger partial charge in [-0.1, -0.05) is 11.6 Å². The van der Waals surface area contributed by atoms with E-state index in [9.17, 15) is 4.79 Å². The maximum absolute atomic E-state index is 11.1. The molecule has 1 heterocycles. The quantitative estimate of drug-likeness (QED) is 0.835. The maximum atomic E-state index is 11.1. The topological polar surface area (TPSA) is 58.2 Å². The lowest BCUT2D eigenvalue weighted by atomic mass is 10.5. The van der Waals surface area contributed by atoms with Crippen molar-refractivity contribution in [2.45, 2.75) is 18.9 Å². The summed E-state index contributed by atoms with van der Waals surface area (Å²) in [6.07, 6.45) is 3.81. The molecule has 16 heavy (non-hydrogen) atoms. The largest absolute Gasteiger partial charge is 0.475 e. The molecular formula is C10H14ClN3O2. The first-order valence-corrected chi connectivity index (χ1v) is 5.62. The molecular weight excluding hydrogens is 230 g/mol. The highest BCUT2D eigenvalue weighted by atomic mass is 35.5. The van der Waals surface area contributed by atoms with Crippen molar-refractivity contribution in [2.75, 3.05) is 20.2 Å². The number of ether oxygens (including phenoxy) is 1. The zero-order chi connectivity index (χ0) is 11.5. The summed E-state index contributed by atoms with van der Waals surface area (Å²) in [4.78, 5) is 19.6. The summed E-state index contributed by atoms with van der Waals surface area (Å²) in [5, 5.41) is 0.0107. The molecule has 1 fully saturated rings. The van der Waals surface area contributed by atoms with E-state index >= 15 is 0 Å². The molecule has 88 valence electrons. The van der Waals surface area contributed by atoms with Gasteiger partial charge in [-0.3, -0.25) is 4.79 Å². The highest BCUT2D eigenvalue weighted by Gasteiger charge is 2.25. The number of nitrogens with one attached hydrogen (secondary N) is 1. The van der Waals surface area contributed by atoms with Crippen LogP contribution in [0.2, 0.25) is 5.02 Å². The zero-order valence-corrected chi connectivity index (χ0v) is 9.83. The van der Waals surface area contributed by atoms with E-state index in [-0.39, 0.29) is 16.5 Å². The summed E-state index contributed by atoms with van der Waals surface area (Å²) in [6, 6.07) is 0.700. The van der Waals surface area contributed by atoms with Crippen molar-refractivity contribution in [1.82, 2.24) is 14.9 Å². The molecule has 0 atom stereocenters. The van der Waals surface area contributed by atoms with Gasteiger partial charge >= 0.3 is 0 Å². The summed E-state index contributed by atoms with van der Waals surface area (Å²) in [5.74, 6) is 0.203. The zero-order valence-electron chi connectivity index (χ0n) is 9.07. The molecule has 2 rings (SSSR count). The van der Waals surface area contributed by atoms with Gasteiger partial charge in [0.25, 0.3) is 5.56 Å². The fraction of sp³-hybridized carbons (Fsp3) is 0.600. The van der Waals surface area contributed by atoms with Crippen molar-refractivity contribution in [2.24, 2.45) is 0 Å². The molecule has 5 nitrogen and oxygen atoms in total. The Morgan fingerprint density at radius 3 is 3.12 bits per heavy atom. The first-order valence-electron chi connectivity index (χ1n) is 5.24. The summed E-state index contributed by atoms with van der Waals surface area (Å²) in [7, 11) is 2.06. The van der Waals surface area contributed by atoms with E-state index in [0.717, 1.165) is 6.54 Å². The van der Waals surface area contributed by atoms with Crippen LogP contribution >= 0.6 is 11.6 Å². The van der Waals surface area contributed by atoms with E-state index in [1.807, 2.05) is 0 Å². The molecule has 0 aromatic carbocycles. The van der Waals surface area contributed by atoms with Crippen LogP contribution in [-0.2, 0) is 0 Å². The molecule has 1 aliphatic carbocycles. The van der Waals surface area contributed by atoms with Crippen molar-refractivity contribution in [3.63, 3.8) is 0 Å². The molecule has 0 aliphatic heterocycles. The van der Waals surface area contributed by atoms with Gasteiger partial charge in [0.1, 0.15) is 6.61 Å². The van der Waals surface area contributed by atoms with Crippen LogP contribution in [0.1, 0.15) is 12.8 Å². The summed E-state index contributed by atoms with van der Waals surface area (Å²) in [5.41, 5.74) is -0.373. The Hall–Kier alpha value is -1.07. The van der Waals surface area contributed by atoms with Gasteiger partial charge in [0, 0.05) is 12.6 Å². The SMILES string of the molecule is CN(CCOc1nc[nH]c(=O)c1Cl)C1CC1. The molecule has 1 aromatic rings. The van der Waals surface area contributed by atoms with Crippen LogP contribution in [0, 0.1) is 0 Å². The van der Waals surface area contributed by atoms with Gasteiger partial charge in [0.2, 0.25) is 5.88 Å². The molecule has 0 spiro atoms. The summed E-state index contributed by atoms with van der Waals surface area (Å²) < 4.78 is 5.36. The van der Waals surface area contributed by atoms with Gasteiger partial charge in [-0.05, 0) is 19.9 Å². The Labute approximate surface area is 98.4 Å². The molecule has 1 saturated carbocycles. The minimum absolute atomic E-state index is 0.0107. The van der Waals surface area contributed by atoms with Crippen molar-refractivity contribution in [3.05, 3.63) is 21.7 Å². The minimum atomic E-state index is -0.373. The number of nitrogens with zero attached hydrogens (tertiary/aromatic N) is 2. The third-order valence-corrected chi connectivity index (χ3v) is 2.95. The number of likely N-dealkylation sites (N-methyl/N-ethyl adjacent to an activating group) is 1. The van der Waals surface area contributed by atoms with Crippen LogP contribution < -0.4 is 10.3 Å². The number of aromatic amines is 1. The van der Waals surface area contributed by atoms with Gasteiger partial charge in [-0.25, -0.2) is 4.98 Å². The van der Waals surface area contributed by atoms with Crippen molar-refractivity contribution >= 4 is 11.6 Å². The van der Waals surface area contributed by atoms with Crippen LogP contribution in [-0.4, -0.2) is 41.1 Å². The van der Waals surface area contributed by atoms with Gasteiger partial charge in [0.15, 0.2) is 5.02 Å². The molecule has 0 saturated heterocycles. The predicted molar refractivity (Wildman–Crippen MR) is 61.0 cm³/mol. The third-order valence-electron chi connectivity index (χ3n) is 2.62. The Morgan fingerprint density at radius 2 is 2.44 bits per heavy atom. The number of hydrogen-bond donors (Lipinski definition) is 1. The van der Waals surface area contributed by atoms with Crippen LogP contribution in [0.5, 0.6) is 5.88 Å². The van der Waals surface area contributed by atoms with Crippen molar-refractivity contribution in [3.8, 4) is 5.88 Å².